The summed E-state index contributed by atoms with van der Waals surface area (Å²) in [7, 11) is 1.62. The molecule has 4 rings (SSSR count). The number of esters is 1. The number of fused-ring (bicyclic) bond motifs is 4. The monoisotopic (exact) mass is 430 g/mol. The lowest BCUT2D eigenvalue weighted by Gasteiger charge is -2.63. The highest BCUT2D eigenvalue weighted by Gasteiger charge is 2.60. The second-order valence-electron chi connectivity index (χ2n) is 11.0. The van der Waals surface area contributed by atoms with Gasteiger partial charge in [0, 0.05) is 25.5 Å². The fraction of sp³-hybridized carbons (Fsp3) is 0.731. The Hall–Kier alpha value is -1.75. The number of hydrogen-bond acceptors (Lipinski definition) is 5. The normalized spacial score (nSPS) is 33.4. The van der Waals surface area contributed by atoms with Crippen LogP contribution in [0.1, 0.15) is 77.8 Å². The molecule has 0 spiro atoms. The van der Waals surface area contributed by atoms with Crippen LogP contribution in [-0.2, 0) is 27.3 Å². The highest BCUT2D eigenvalue weighted by atomic mass is 16.7. The van der Waals surface area contributed by atoms with Gasteiger partial charge in [-0.1, -0.05) is 27.2 Å². The standard InChI is InChI=1S/C26H38O5/c1-17(27)29-15-18-12-20(30-16-28-6)19-14-23-25(4)10-7-9-24(2,3)22(25)8-11-26(23,5)31-21(19)13-18/h12-13,22-23H,7-11,14-16H2,1-6H3/t22-,23+,25-,26-/m0/s1. The molecule has 2 aliphatic carbocycles. The number of benzene rings is 1. The van der Waals surface area contributed by atoms with Crippen LogP contribution in [0.5, 0.6) is 11.5 Å². The maximum atomic E-state index is 11.3. The van der Waals surface area contributed by atoms with E-state index in [4.69, 9.17) is 18.9 Å². The lowest BCUT2D eigenvalue weighted by atomic mass is 9.44. The molecule has 1 aromatic carbocycles. The molecule has 1 aliphatic heterocycles. The van der Waals surface area contributed by atoms with E-state index < -0.39 is 0 Å². The molecular weight excluding hydrogens is 392 g/mol. The van der Waals surface area contributed by atoms with Gasteiger partial charge >= 0.3 is 5.97 Å². The summed E-state index contributed by atoms with van der Waals surface area (Å²) in [6.45, 7) is 11.6. The van der Waals surface area contributed by atoms with Gasteiger partial charge in [-0.15, -0.1) is 0 Å². The van der Waals surface area contributed by atoms with Gasteiger partial charge in [0.25, 0.3) is 0 Å². The van der Waals surface area contributed by atoms with Crippen LogP contribution in [0, 0.1) is 22.7 Å². The summed E-state index contributed by atoms with van der Waals surface area (Å²) in [5.74, 6) is 2.51. The van der Waals surface area contributed by atoms with Gasteiger partial charge in [-0.05, 0) is 73.5 Å². The van der Waals surface area contributed by atoms with Crippen molar-refractivity contribution in [3.05, 3.63) is 23.3 Å². The predicted molar refractivity (Wildman–Crippen MR) is 119 cm³/mol. The van der Waals surface area contributed by atoms with Gasteiger partial charge in [0.1, 0.15) is 23.7 Å². The van der Waals surface area contributed by atoms with Crippen molar-refractivity contribution in [3.8, 4) is 11.5 Å². The van der Waals surface area contributed by atoms with Crippen LogP contribution in [0.2, 0.25) is 0 Å². The number of rotatable bonds is 5. The average molecular weight is 431 g/mol. The van der Waals surface area contributed by atoms with E-state index in [0.717, 1.165) is 35.5 Å². The minimum atomic E-state index is -0.295. The quantitative estimate of drug-likeness (QED) is 0.445. The van der Waals surface area contributed by atoms with Gasteiger partial charge in [-0.25, -0.2) is 0 Å². The summed E-state index contributed by atoms with van der Waals surface area (Å²) in [6.07, 6.45) is 7.10. The molecule has 0 N–H and O–H groups in total. The van der Waals surface area contributed by atoms with Crippen molar-refractivity contribution in [2.45, 2.75) is 85.4 Å². The maximum Gasteiger partial charge on any atom is 0.302 e. The SMILES string of the molecule is COCOc1cc(COC(C)=O)cc2c1C[C@@H]1[C@@]3(C)CCCC(C)(C)[C@@H]3CC[C@]1(C)O2. The van der Waals surface area contributed by atoms with Crippen molar-refractivity contribution in [1.29, 1.82) is 0 Å². The molecule has 2 fully saturated rings. The first-order valence-electron chi connectivity index (χ1n) is 11.7. The van der Waals surface area contributed by atoms with E-state index in [1.54, 1.807) is 7.11 Å². The molecule has 3 aliphatic rings. The third-order valence-corrected chi connectivity index (χ3v) is 8.49. The fourth-order valence-electron chi connectivity index (χ4n) is 7.12. The minimum Gasteiger partial charge on any atom is -0.487 e. The first-order chi connectivity index (χ1) is 14.6. The summed E-state index contributed by atoms with van der Waals surface area (Å²) < 4.78 is 23.2. The van der Waals surface area contributed by atoms with E-state index in [1.165, 1.54) is 32.6 Å². The molecule has 2 saturated carbocycles. The third kappa shape index (κ3) is 3.94. The average Bonchev–Trinajstić information content (AvgIpc) is 2.68. The second kappa shape index (κ2) is 7.99. The molecule has 0 amide bonds. The highest BCUT2D eigenvalue weighted by molar-refractivity contribution is 5.66. The Bertz CT molecular complexity index is 846. The van der Waals surface area contributed by atoms with E-state index in [-0.39, 0.29) is 30.4 Å². The summed E-state index contributed by atoms with van der Waals surface area (Å²) >= 11 is 0. The Morgan fingerprint density at radius 1 is 1.13 bits per heavy atom. The van der Waals surface area contributed by atoms with Crippen molar-refractivity contribution >= 4 is 5.97 Å². The Balaban J connectivity index is 1.72. The molecule has 0 aromatic heterocycles. The smallest absolute Gasteiger partial charge is 0.302 e. The molecule has 4 atom stereocenters. The molecule has 1 heterocycles. The molecule has 0 bridgehead atoms. The van der Waals surface area contributed by atoms with E-state index in [9.17, 15) is 4.79 Å². The Labute approximate surface area is 186 Å². The van der Waals surface area contributed by atoms with Crippen molar-refractivity contribution in [1.82, 2.24) is 0 Å². The van der Waals surface area contributed by atoms with E-state index in [2.05, 4.69) is 27.7 Å². The summed E-state index contributed by atoms with van der Waals surface area (Å²) in [5, 5.41) is 0. The topological polar surface area (TPSA) is 54.0 Å². The first kappa shape index (κ1) is 22.4. The molecule has 1 aromatic rings. The number of carbonyl (C=O) groups is 1. The molecule has 5 nitrogen and oxygen atoms in total. The number of ether oxygens (including phenoxy) is 4. The van der Waals surface area contributed by atoms with Crippen LogP contribution < -0.4 is 9.47 Å². The van der Waals surface area contributed by atoms with Crippen molar-refractivity contribution in [2.24, 2.45) is 22.7 Å². The summed E-state index contributed by atoms with van der Waals surface area (Å²) in [5.41, 5.74) is 2.43. The van der Waals surface area contributed by atoms with Gasteiger partial charge < -0.3 is 18.9 Å². The van der Waals surface area contributed by atoms with Crippen molar-refractivity contribution in [3.63, 3.8) is 0 Å². The summed E-state index contributed by atoms with van der Waals surface area (Å²) in [6, 6.07) is 4.00. The molecule has 5 heteroatoms. The van der Waals surface area contributed by atoms with E-state index in [0.29, 0.717) is 17.3 Å². The van der Waals surface area contributed by atoms with Crippen molar-refractivity contribution in [2.75, 3.05) is 13.9 Å². The Morgan fingerprint density at radius 3 is 2.61 bits per heavy atom. The molecule has 0 saturated heterocycles. The molecule has 172 valence electrons. The Morgan fingerprint density at radius 2 is 1.90 bits per heavy atom. The van der Waals surface area contributed by atoms with E-state index >= 15 is 0 Å². The second-order valence-corrected chi connectivity index (χ2v) is 11.0. The van der Waals surface area contributed by atoms with Crippen LogP contribution in [-0.4, -0.2) is 25.5 Å². The van der Waals surface area contributed by atoms with Gasteiger partial charge in [0.2, 0.25) is 0 Å². The fourth-order valence-corrected chi connectivity index (χ4v) is 7.12. The first-order valence-corrected chi connectivity index (χ1v) is 11.7. The minimum absolute atomic E-state index is 0.179. The molecular formula is C26H38O5. The van der Waals surface area contributed by atoms with Crippen LogP contribution >= 0.6 is 0 Å². The zero-order valence-corrected chi connectivity index (χ0v) is 20.0. The predicted octanol–water partition coefficient (Wildman–Crippen LogP) is 5.67. The van der Waals surface area contributed by atoms with Crippen LogP contribution in [0.4, 0.5) is 0 Å². The van der Waals surface area contributed by atoms with Gasteiger partial charge in [0.05, 0.1) is 0 Å². The van der Waals surface area contributed by atoms with Gasteiger partial charge in [-0.3, -0.25) is 4.79 Å². The molecule has 31 heavy (non-hydrogen) atoms. The molecule has 0 radical (unpaired) electrons. The van der Waals surface area contributed by atoms with E-state index in [1.807, 2.05) is 12.1 Å². The maximum absolute atomic E-state index is 11.3. The number of carbonyl (C=O) groups excluding carboxylic acids is 1. The van der Waals surface area contributed by atoms with Gasteiger partial charge in [0.15, 0.2) is 6.79 Å². The molecule has 0 unspecified atom stereocenters. The zero-order chi connectivity index (χ0) is 22.4. The lowest BCUT2D eigenvalue weighted by molar-refractivity contribution is -0.163. The summed E-state index contributed by atoms with van der Waals surface area (Å²) in [4.78, 5) is 11.3. The number of hydrogen-bond donors (Lipinski definition) is 0. The number of methoxy groups -OCH3 is 1. The highest BCUT2D eigenvalue weighted by Crippen LogP contribution is 2.65. The zero-order valence-electron chi connectivity index (χ0n) is 20.0. The van der Waals surface area contributed by atoms with Gasteiger partial charge in [-0.2, -0.15) is 0 Å². The van der Waals surface area contributed by atoms with Crippen LogP contribution in [0.25, 0.3) is 0 Å². The third-order valence-electron chi connectivity index (χ3n) is 8.49. The largest absolute Gasteiger partial charge is 0.487 e. The van der Waals surface area contributed by atoms with Crippen LogP contribution in [0.3, 0.4) is 0 Å². The van der Waals surface area contributed by atoms with Crippen molar-refractivity contribution < 1.29 is 23.7 Å². The Kier molecular flexibility index (Phi) is 5.78. The lowest BCUT2D eigenvalue weighted by Crippen LogP contribution is -2.61. The van der Waals surface area contributed by atoms with Crippen LogP contribution in [0.15, 0.2) is 12.1 Å².